The Morgan fingerprint density at radius 2 is 1.86 bits per heavy atom. The van der Waals surface area contributed by atoms with E-state index in [1.807, 2.05) is 18.8 Å². The number of rotatable bonds is 4. The Morgan fingerprint density at radius 3 is 2.43 bits per heavy atom. The predicted octanol–water partition coefficient (Wildman–Crippen LogP) is 1.10. The molecule has 0 radical (unpaired) electrons. The van der Waals surface area contributed by atoms with Crippen molar-refractivity contribution < 1.29 is 9.53 Å². The lowest BCUT2D eigenvalue weighted by atomic mass is 10.2. The van der Waals surface area contributed by atoms with Crippen LogP contribution in [0.15, 0.2) is 40.1 Å². The van der Waals surface area contributed by atoms with Crippen molar-refractivity contribution in [1.29, 1.82) is 0 Å². The highest BCUT2D eigenvalue weighted by atomic mass is 16.5. The van der Waals surface area contributed by atoms with E-state index < -0.39 is 17.2 Å². The fraction of sp³-hybridized carbons (Fsp3) is 0.214. The molecule has 0 aliphatic rings. The van der Waals surface area contributed by atoms with E-state index >= 15 is 0 Å². The first-order valence-corrected chi connectivity index (χ1v) is 6.36. The zero-order valence-corrected chi connectivity index (χ0v) is 11.6. The molecule has 1 amide bonds. The fourth-order valence-electron chi connectivity index (χ4n) is 1.67. The van der Waals surface area contributed by atoms with Crippen LogP contribution in [-0.2, 0) is 0 Å². The Hall–Kier alpha value is -2.83. The van der Waals surface area contributed by atoms with E-state index in [1.165, 1.54) is 0 Å². The smallest absolute Gasteiger partial charge is 0.325 e. The van der Waals surface area contributed by atoms with Gasteiger partial charge in [0.25, 0.3) is 11.5 Å². The number of amides is 1. The first-order valence-electron chi connectivity index (χ1n) is 6.36. The van der Waals surface area contributed by atoms with Crippen molar-refractivity contribution in [3.63, 3.8) is 0 Å². The van der Waals surface area contributed by atoms with Gasteiger partial charge in [-0.1, -0.05) is 0 Å². The molecule has 3 N–H and O–H groups in total. The molecule has 0 unspecified atom stereocenters. The van der Waals surface area contributed by atoms with Crippen LogP contribution < -0.4 is 21.3 Å². The molecule has 1 aromatic heterocycles. The van der Waals surface area contributed by atoms with Crippen molar-refractivity contribution in [2.75, 3.05) is 5.32 Å². The van der Waals surface area contributed by atoms with E-state index in [4.69, 9.17) is 4.74 Å². The number of carbonyl (C=O) groups is 1. The number of aromatic amines is 2. The number of hydrogen-bond donors (Lipinski definition) is 3. The number of hydrogen-bond acceptors (Lipinski definition) is 4. The van der Waals surface area contributed by atoms with E-state index in [9.17, 15) is 14.4 Å². The van der Waals surface area contributed by atoms with Crippen LogP contribution in [0.5, 0.6) is 5.75 Å². The van der Waals surface area contributed by atoms with Gasteiger partial charge in [0, 0.05) is 11.9 Å². The summed E-state index contributed by atoms with van der Waals surface area (Å²) in [6, 6.07) is 6.75. The van der Waals surface area contributed by atoms with Gasteiger partial charge in [0.15, 0.2) is 0 Å². The van der Waals surface area contributed by atoms with Crippen LogP contribution in [0, 0.1) is 0 Å². The molecule has 0 saturated heterocycles. The number of ether oxygens (including phenoxy) is 1. The lowest BCUT2D eigenvalue weighted by Gasteiger charge is -2.10. The molecule has 110 valence electrons. The number of anilines is 1. The summed E-state index contributed by atoms with van der Waals surface area (Å²) in [6.45, 7) is 3.83. The van der Waals surface area contributed by atoms with Crippen LogP contribution in [0.25, 0.3) is 0 Å². The molecular formula is C14H15N3O4. The van der Waals surface area contributed by atoms with Gasteiger partial charge in [0.2, 0.25) is 0 Å². The lowest BCUT2D eigenvalue weighted by Crippen LogP contribution is -2.29. The number of benzene rings is 1. The normalized spacial score (nSPS) is 10.4. The van der Waals surface area contributed by atoms with E-state index in [2.05, 4.69) is 10.3 Å². The average Bonchev–Trinajstić information content (AvgIpc) is 2.40. The van der Waals surface area contributed by atoms with Crippen molar-refractivity contribution >= 4 is 11.6 Å². The minimum absolute atomic E-state index is 0.0603. The summed E-state index contributed by atoms with van der Waals surface area (Å²) >= 11 is 0. The fourth-order valence-corrected chi connectivity index (χ4v) is 1.67. The van der Waals surface area contributed by atoms with Gasteiger partial charge in [0.1, 0.15) is 11.3 Å². The second-order valence-corrected chi connectivity index (χ2v) is 4.63. The Labute approximate surface area is 120 Å². The monoisotopic (exact) mass is 289 g/mol. The van der Waals surface area contributed by atoms with Crippen LogP contribution >= 0.6 is 0 Å². The molecule has 1 heterocycles. The van der Waals surface area contributed by atoms with Crippen molar-refractivity contribution in [3.05, 3.63) is 56.9 Å². The van der Waals surface area contributed by atoms with E-state index in [1.54, 1.807) is 24.3 Å². The van der Waals surface area contributed by atoms with Crippen molar-refractivity contribution in [3.8, 4) is 5.75 Å². The summed E-state index contributed by atoms with van der Waals surface area (Å²) in [5.41, 5.74) is -1.05. The van der Waals surface area contributed by atoms with Gasteiger partial charge in [-0.2, -0.15) is 0 Å². The van der Waals surface area contributed by atoms with Gasteiger partial charge in [-0.05, 0) is 38.1 Å². The highest BCUT2D eigenvalue weighted by Gasteiger charge is 2.11. The maximum Gasteiger partial charge on any atom is 0.325 e. The molecule has 0 bridgehead atoms. The van der Waals surface area contributed by atoms with Gasteiger partial charge in [0.05, 0.1) is 6.10 Å². The predicted molar refractivity (Wildman–Crippen MR) is 77.8 cm³/mol. The van der Waals surface area contributed by atoms with Gasteiger partial charge in [-0.25, -0.2) is 4.79 Å². The molecule has 0 spiro atoms. The first kappa shape index (κ1) is 14.6. The molecule has 1 aromatic carbocycles. The molecular weight excluding hydrogens is 274 g/mol. The zero-order chi connectivity index (χ0) is 15.4. The highest BCUT2D eigenvalue weighted by molar-refractivity contribution is 6.03. The van der Waals surface area contributed by atoms with E-state index in [0.29, 0.717) is 11.4 Å². The molecule has 21 heavy (non-hydrogen) atoms. The van der Waals surface area contributed by atoms with Gasteiger partial charge >= 0.3 is 5.69 Å². The maximum absolute atomic E-state index is 11.9. The average molecular weight is 289 g/mol. The van der Waals surface area contributed by atoms with Crippen LogP contribution in [0.4, 0.5) is 5.69 Å². The molecule has 7 heteroatoms. The topological polar surface area (TPSA) is 104 Å². The minimum atomic E-state index is -0.740. The molecule has 0 aliphatic carbocycles. The molecule has 0 aliphatic heterocycles. The van der Waals surface area contributed by atoms with Crippen LogP contribution in [0.2, 0.25) is 0 Å². The Morgan fingerprint density at radius 1 is 1.19 bits per heavy atom. The molecule has 7 nitrogen and oxygen atoms in total. The van der Waals surface area contributed by atoms with Crippen molar-refractivity contribution in [1.82, 2.24) is 9.97 Å². The Kier molecular flexibility index (Phi) is 4.22. The van der Waals surface area contributed by atoms with Crippen LogP contribution in [-0.4, -0.2) is 22.0 Å². The Balaban J connectivity index is 2.12. The largest absolute Gasteiger partial charge is 0.491 e. The summed E-state index contributed by atoms with van der Waals surface area (Å²) in [4.78, 5) is 38.5. The van der Waals surface area contributed by atoms with Gasteiger partial charge in [-0.3, -0.25) is 14.6 Å². The number of carbonyl (C=O) groups excluding carboxylic acids is 1. The SMILES string of the molecule is CC(C)Oc1ccc(NC(=O)c2c[nH]c(=O)[nH]c2=O)cc1. The first-order chi connectivity index (χ1) is 9.95. The van der Waals surface area contributed by atoms with Crippen molar-refractivity contribution in [2.24, 2.45) is 0 Å². The summed E-state index contributed by atoms with van der Waals surface area (Å²) in [5.74, 6) is 0.0786. The van der Waals surface area contributed by atoms with Crippen LogP contribution in [0.3, 0.4) is 0 Å². The summed E-state index contributed by atoms with van der Waals surface area (Å²) < 4.78 is 5.48. The number of H-pyrrole nitrogens is 2. The Bertz CT molecular complexity index is 744. The summed E-state index contributed by atoms with van der Waals surface area (Å²) in [6.07, 6.45) is 1.14. The molecule has 2 rings (SSSR count). The van der Waals surface area contributed by atoms with Crippen LogP contribution in [0.1, 0.15) is 24.2 Å². The molecule has 0 saturated carbocycles. The highest BCUT2D eigenvalue weighted by Crippen LogP contribution is 2.17. The quantitative estimate of drug-likeness (QED) is 0.784. The summed E-state index contributed by atoms with van der Waals surface area (Å²) in [7, 11) is 0. The van der Waals surface area contributed by atoms with Gasteiger partial charge < -0.3 is 15.0 Å². The minimum Gasteiger partial charge on any atom is -0.491 e. The summed E-state index contributed by atoms with van der Waals surface area (Å²) in [5, 5.41) is 2.56. The molecule has 0 atom stereocenters. The van der Waals surface area contributed by atoms with E-state index in [-0.39, 0.29) is 11.7 Å². The third-order valence-corrected chi connectivity index (χ3v) is 2.55. The lowest BCUT2D eigenvalue weighted by molar-refractivity contribution is 0.102. The maximum atomic E-state index is 11.9. The standard InChI is InChI=1S/C14H15N3O4/c1-8(2)21-10-5-3-9(4-6-10)16-12(18)11-7-15-14(20)17-13(11)19/h3-8H,1-2H3,(H,16,18)(H2,15,17,19,20). The number of nitrogens with one attached hydrogen (secondary N) is 3. The zero-order valence-electron chi connectivity index (χ0n) is 11.6. The third-order valence-electron chi connectivity index (χ3n) is 2.55. The third kappa shape index (κ3) is 3.82. The second kappa shape index (κ2) is 6.08. The van der Waals surface area contributed by atoms with Gasteiger partial charge in [-0.15, -0.1) is 0 Å². The molecule has 2 aromatic rings. The second-order valence-electron chi connectivity index (χ2n) is 4.63. The van der Waals surface area contributed by atoms with E-state index in [0.717, 1.165) is 6.20 Å². The number of aromatic nitrogens is 2. The van der Waals surface area contributed by atoms with Crippen molar-refractivity contribution in [2.45, 2.75) is 20.0 Å². The molecule has 0 fully saturated rings.